The molecule has 0 radical (unpaired) electrons. The Bertz CT molecular complexity index is 285. The molecule has 0 aromatic heterocycles. The standard InChI is InChI=1S/C14H23FN2/c15-14-7-5-13(6-8-14)9-12-17-11-4-2-1-3-10-16/h5-8,17H,1-4,9-12,16H2. The Labute approximate surface area is 103 Å². The molecule has 1 aromatic rings. The maximum atomic E-state index is 12.7. The zero-order valence-electron chi connectivity index (χ0n) is 10.4. The van der Waals surface area contributed by atoms with E-state index in [1.165, 1.54) is 37.0 Å². The summed E-state index contributed by atoms with van der Waals surface area (Å²) < 4.78 is 12.7. The number of rotatable bonds is 9. The first kappa shape index (κ1) is 14.1. The first-order valence-electron chi connectivity index (χ1n) is 6.48. The van der Waals surface area contributed by atoms with Gasteiger partial charge in [0.25, 0.3) is 0 Å². The van der Waals surface area contributed by atoms with E-state index in [0.717, 1.165) is 32.5 Å². The zero-order valence-corrected chi connectivity index (χ0v) is 10.4. The summed E-state index contributed by atoms with van der Waals surface area (Å²) in [6.45, 7) is 2.83. The van der Waals surface area contributed by atoms with Crippen molar-refractivity contribution in [2.45, 2.75) is 32.1 Å². The van der Waals surface area contributed by atoms with Crippen LogP contribution in [0.1, 0.15) is 31.2 Å². The summed E-state index contributed by atoms with van der Waals surface area (Å²) in [6, 6.07) is 6.72. The van der Waals surface area contributed by atoms with E-state index in [1.807, 2.05) is 12.1 Å². The molecule has 0 bridgehead atoms. The molecule has 0 unspecified atom stereocenters. The van der Waals surface area contributed by atoms with Gasteiger partial charge < -0.3 is 11.1 Å². The summed E-state index contributed by atoms with van der Waals surface area (Å²) in [7, 11) is 0. The summed E-state index contributed by atoms with van der Waals surface area (Å²) in [5, 5.41) is 3.40. The highest BCUT2D eigenvalue weighted by atomic mass is 19.1. The number of nitrogens with one attached hydrogen (secondary N) is 1. The molecule has 96 valence electrons. The summed E-state index contributed by atoms with van der Waals surface area (Å²) in [4.78, 5) is 0. The fourth-order valence-corrected chi connectivity index (χ4v) is 1.76. The van der Waals surface area contributed by atoms with Gasteiger partial charge in [-0.1, -0.05) is 25.0 Å². The lowest BCUT2D eigenvalue weighted by atomic mass is 10.1. The molecule has 0 aliphatic rings. The van der Waals surface area contributed by atoms with Crippen LogP contribution in [-0.4, -0.2) is 19.6 Å². The number of unbranched alkanes of at least 4 members (excludes halogenated alkanes) is 3. The quantitative estimate of drug-likeness (QED) is 0.649. The predicted molar refractivity (Wildman–Crippen MR) is 70.5 cm³/mol. The topological polar surface area (TPSA) is 38.0 Å². The van der Waals surface area contributed by atoms with Crippen LogP contribution in [0.3, 0.4) is 0 Å². The van der Waals surface area contributed by atoms with E-state index in [9.17, 15) is 4.39 Å². The van der Waals surface area contributed by atoms with Gasteiger partial charge in [-0.15, -0.1) is 0 Å². The lowest BCUT2D eigenvalue weighted by molar-refractivity contribution is 0.590. The Morgan fingerprint density at radius 2 is 1.65 bits per heavy atom. The van der Waals surface area contributed by atoms with E-state index in [4.69, 9.17) is 5.73 Å². The van der Waals surface area contributed by atoms with Crippen molar-refractivity contribution in [3.63, 3.8) is 0 Å². The van der Waals surface area contributed by atoms with Gasteiger partial charge >= 0.3 is 0 Å². The van der Waals surface area contributed by atoms with Crippen LogP contribution in [0.4, 0.5) is 4.39 Å². The molecular formula is C14H23FN2. The molecule has 0 fully saturated rings. The molecule has 0 atom stereocenters. The molecular weight excluding hydrogens is 215 g/mol. The SMILES string of the molecule is NCCCCCCNCCc1ccc(F)cc1. The van der Waals surface area contributed by atoms with Gasteiger partial charge in [-0.2, -0.15) is 0 Å². The van der Waals surface area contributed by atoms with Gasteiger partial charge in [-0.3, -0.25) is 0 Å². The number of nitrogens with two attached hydrogens (primary N) is 1. The monoisotopic (exact) mass is 238 g/mol. The van der Waals surface area contributed by atoms with Crippen molar-refractivity contribution in [1.29, 1.82) is 0 Å². The maximum Gasteiger partial charge on any atom is 0.123 e. The van der Waals surface area contributed by atoms with Gasteiger partial charge in [0.15, 0.2) is 0 Å². The van der Waals surface area contributed by atoms with Gasteiger partial charge in [-0.25, -0.2) is 4.39 Å². The minimum atomic E-state index is -0.165. The van der Waals surface area contributed by atoms with Crippen LogP contribution in [-0.2, 0) is 6.42 Å². The van der Waals surface area contributed by atoms with Crippen LogP contribution in [0.2, 0.25) is 0 Å². The van der Waals surface area contributed by atoms with Crippen molar-refractivity contribution in [2.75, 3.05) is 19.6 Å². The Morgan fingerprint density at radius 3 is 2.35 bits per heavy atom. The second-order valence-corrected chi connectivity index (χ2v) is 4.33. The van der Waals surface area contributed by atoms with Gasteiger partial charge in [0.05, 0.1) is 0 Å². The maximum absolute atomic E-state index is 12.7. The molecule has 1 rings (SSSR count). The summed E-state index contributed by atoms with van der Waals surface area (Å²) in [6.07, 6.45) is 5.79. The first-order chi connectivity index (χ1) is 8.33. The van der Waals surface area contributed by atoms with Crippen LogP contribution in [0.25, 0.3) is 0 Å². The van der Waals surface area contributed by atoms with E-state index in [2.05, 4.69) is 5.32 Å². The van der Waals surface area contributed by atoms with Crippen LogP contribution in [0.5, 0.6) is 0 Å². The van der Waals surface area contributed by atoms with Gasteiger partial charge in [0.2, 0.25) is 0 Å². The van der Waals surface area contributed by atoms with E-state index in [0.29, 0.717) is 0 Å². The zero-order chi connectivity index (χ0) is 12.3. The van der Waals surface area contributed by atoms with Crippen LogP contribution in [0.15, 0.2) is 24.3 Å². The molecule has 0 spiro atoms. The van der Waals surface area contributed by atoms with Gasteiger partial charge in [-0.05, 0) is 56.6 Å². The summed E-state index contributed by atoms with van der Waals surface area (Å²) >= 11 is 0. The fourth-order valence-electron chi connectivity index (χ4n) is 1.76. The summed E-state index contributed by atoms with van der Waals surface area (Å²) in [5.74, 6) is -0.165. The number of hydrogen-bond donors (Lipinski definition) is 2. The van der Waals surface area contributed by atoms with E-state index >= 15 is 0 Å². The van der Waals surface area contributed by atoms with E-state index < -0.39 is 0 Å². The van der Waals surface area contributed by atoms with Crippen molar-refractivity contribution in [3.8, 4) is 0 Å². The Morgan fingerprint density at radius 1 is 0.941 bits per heavy atom. The number of benzene rings is 1. The van der Waals surface area contributed by atoms with Crippen molar-refractivity contribution in [1.82, 2.24) is 5.32 Å². The van der Waals surface area contributed by atoms with Crippen molar-refractivity contribution in [3.05, 3.63) is 35.6 Å². The molecule has 0 saturated heterocycles. The second-order valence-electron chi connectivity index (χ2n) is 4.33. The molecule has 0 amide bonds. The molecule has 3 N–H and O–H groups in total. The number of hydrogen-bond acceptors (Lipinski definition) is 2. The Balaban J connectivity index is 1.95. The molecule has 0 heterocycles. The average molecular weight is 238 g/mol. The molecule has 1 aromatic carbocycles. The molecule has 3 heteroatoms. The highest BCUT2D eigenvalue weighted by Gasteiger charge is 1.94. The Kier molecular flexibility index (Phi) is 7.60. The van der Waals surface area contributed by atoms with Crippen LogP contribution >= 0.6 is 0 Å². The summed E-state index contributed by atoms with van der Waals surface area (Å²) in [5.41, 5.74) is 6.61. The van der Waals surface area contributed by atoms with E-state index in [-0.39, 0.29) is 5.82 Å². The van der Waals surface area contributed by atoms with Crippen molar-refractivity contribution >= 4 is 0 Å². The third kappa shape index (κ3) is 7.08. The first-order valence-corrected chi connectivity index (χ1v) is 6.48. The predicted octanol–water partition coefficient (Wildman–Crippen LogP) is 2.48. The fraction of sp³-hybridized carbons (Fsp3) is 0.571. The van der Waals surface area contributed by atoms with Crippen molar-refractivity contribution in [2.24, 2.45) is 5.73 Å². The van der Waals surface area contributed by atoms with Crippen LogP contribution in [0, 0.1) is 5.82 Å². The molecule has 17 heavy (non-hydrogen) atoms. The van der Waals surface area contributed by atoms with E-state index in [1.54, 1.807) is 0 Å². The molecule has 0 saturated carbocycles. The lowest BCUT2D eigenvalue weighted by Gasteiger charge is -2.05. The molecule has 2 nitrogen and oxygen atoms in total. The van der Waals surface area contributed by atoms with Crippen molar-refractivity contribution < 1.29 is 4.39 Å². The number of halogens is 1. The third-order valence-electron chi connectivity index (χ3n) is 2.81. The minimum absolute atomic E-state index is 0.165. The second kappa shape index (κ2) is 9.14. The lowest BCUT2D eigenvalue weighted by Crippen LogP contribution is -2.18. The van der Waals surface area contributed by atoms with Gasteiger partial charge in [0.1, 0.15) is 5.82 Å². The molecule has 0 aliphatic heterocycles. The highest BCUT2D eigenvalue weighted by molar-refractivity contribution is 5.16. The Hall–Kier alpha value is -0.930. The van der Waals surface area contributed by atoms with Gasteiger partial charge in [0, 0.05) is 0 Å². The average Bonchev–Trinajstić information content (AvgIpc) is 2.35. The minimum Gasteiger partial charge on any atom is -0.330 e. The smallest absolute Gasteiger partial charge is 0.123 e. The van der Waals surface area contributed by atoms with Crippen LogP contribution < -0.4 is 11.1 Å². The molecule has 0 aliphatic carbocycles. The normalized spacial score (nSPS) is 10.7. The largest absolute Gasteiger partial charge is 0.330 e. The highest BCUT2D eigenvalue weighted by Crippen LogP contribution is 2.03. The third-order valence-corrected chi connectivity index (χ3v) is 2.81.